The van der Waals surface area contributed by atoms with Gasteiger partial charge in [0.05, 0.1) is 18.2 Å². The third-order valence-electron chi connectivity index (χ3n) is 2.28. The minimum atomic E-state index is 0.496. The summed E-state index contributed by atoms with van der Waals surface area (Å²) in [5, 5.41) is 0. The smallest absolute Gasteiger partial charge is 0.136 e. The maximum atomic E-state index is 5.33. The van der Waals surface area contributed by atoms with E-state index < -0.39 is 0 Å². The molecule has 0 unspecified atom stereocenters. The minimum absolute atomic E-state index is 0.496. The lowest BCUT2D eigenvalue weighted by Gasteiger charge is -2.12. The molecule has 0 aliphatic heterocycles. The number of aryl methyl sites for hydroxylation is 1. The summed E-state index contributed by atoms with van der Waals surface area (Å²) in [6.45, 7) is 2.62. The summed E-state index contributed by atoms with van der Waals surface area (Å²) in [5.74, 6) is 5.89. The molecule has 0 bridgehead atoms. The fourth-order valence-corrected chi connectivity index (χ4v) is 2.21. The Kier molecular flexibility index (Phi) is 5.08. The van der Waals surface area contributed by atoms with E-state index >= 15 is 0 Å². The summed E-state index contributed by atoms with van der Waals surface area (Å²) in [6, 6.07) is 4.20. The highest BCUT2D eigenvalue weighted by Crippen LogP contribution is 2.31. The number of hydrogen-bond acceptors (Lipinski definition) is 3. The SMILES string of the molecule is CCc1cc(Br)c(OC)c(CCON)c1. The van der Waals surface area contributed by atoms with Crippen LogP contribution < -0.4 is 10.6 Å². The number of halogens is 1. The minimum Gasteiger partial charge on any atom is -0.495 e. The molecule has 0 aliphatic carbocycles. The number of benzene rings is 1. The van der Waals surface area contributed by atoms with Crippen molar-refractivity contribution in [1.82, 2.24) is 0 Å². The molecule has 2 N–H and O–H groups in total. The molecule has 0 heterocycles. The number of hydrogen-bond donors (Lipinski definition) is 1. The van der Waals surface area contributed by atoms with E-state index in [1.165, 1.54) is 5.56 Å². The van der Waals surface area contributed by atoms with Crippen LogP contribution in [-0.2, 0) is 17.7 Å². The Hall–Kier alpha value is -0.580. The van der Waals surface area contributed by atoms with Crippen LogP contribution in [0, 0.1) is 0 Å². The Labute approximate surface area is 98.6 Å². The monoisotopic (exact) mass is 273 g/mol. The molecule has 0 aliphatic rings. The van der Waals surface area contributed by atoms with Gasteiger partial charge in [-0.05, 0) is 39.5 Å². The van der Waals surface area contributed by atoms with E-state index in [0.717, 1.165) is 28.6 Å². The lowest BCUT2D eigenvalue weighted by molar-refractivity contribution is 0.140. The van der Waals surface area contributed by atoms with Crippen molar-refractivity contribution in [2.24, 2.45) is 5.90 Å². The molecule has 0 atom stereocenters. The Balaban J connectivity index is 3.02. The standard InChI is InChI=1S/C11H16BrNO2/c1-3-8-6-9(4-5-15-13)11(14-2)10(12)7-8/h6-7H,3-5,13H2,1-2H3. The van der Waals surface area contributed by atoms with Crippen LogP contribution in [-0.4, -0.2) is 13.7 Å². The lowest BCUT2D eigenvalue weighted by atomic mass is 10.1. The van der Waals surface area contributed by atoms with Crippen LogP contribution in [0.15, 0.2) is 16.6 Å². The van der Waals surface area contributed by atoms with Crippen LogP contribution in [0.3, 0.4) is 0 Å². The summed E-state index contributed by atoms with van der Waals surface area (Å²) in [4.78, 5) is 4.59. The molecule has 1 aromatic rings. The maximum Gasteiger partial charge on any atom is 0.136 e. The van der Waals surface area contributed by atoms with Crippen molar-refractivity contribution in [3.8, 4) is 5.75 Å². The van der Waals surface area contributed by atoms with Gasteiger partial charge in [0.1, 0.15) is 5.75 Å². The molecule has 0 saturated carbocycles. The molecular weight excluding hydrogens is 258 g/mol. The first-order valence-electron chi connectivity index (χ1n) is 4.89. The second-order valence-electron chi connectivity index (χ2n) is 3.24. The molecule has 3 nitrogen and oxygen atoms in total. The van der Waals surface area contributed by atoms with Crippen LogP contribution in [0.1, 0.15) is 18.1 Å². The van der Waals surface area contributed by atoms with E-state index in [1.54, 1.807) is 7.11 Å². The van der Waals surface area contributed by atoms with Crippen molar-refractivity contribution in [3.63, 3.8) is 0 Å². The number of methoxy groups -OCH3 is 1. The highest BCUT2D eigenvalue weighted by molar-refractivity contribution is 9.10. The first kappa shape index (κ1) is 12.5. The molecule has 0 saturated heterocycles. The molecular formula is C11H16BrNO2. The average Bonchev–Trinajstić information content (AvgIpc) is 2.25. The molecule has 0 fully saturated rings. The van der Waals surface area contributed by atoms with E-state index in [1.807, 2.05) is 0 Å². The van der Waals surface area contributed by atoms with Crippen molar-refractivity contribution >= 4 is 15.9 Å². The number of nitrogens with two attached hydrogens (primary N) is 1. The van der Waals surface area contributed by atoms with E-state index in [9.17, 15) is 0 Å². The fraction of sp³-hybridized carbons (Fsp3) is 0.455. The second-order valence-corrected chi connectivity index (χ2v) is 4.10. The van der Waals surface area contributed by atoms with Gasteiger partial charge in [-0.3, -0.25) is 0 Å². The molecule has 1 aromatic carbocycles. The van der Waals surface area contributed by atoms with E-state index in [4.69, 9.17) is 10.6 Å². The normalized spacial score (nSPS) is 10.4. The van der Waals surface area contributed by atoms with Crippen molar-refractivity contribution in [1.29, 1.82) is 0 Å². The topological polar surface area (TPSA) is 44.5 Å². The predicted molar refractivity (Wildman–Crippen MR) is 63.9 cm³/mol. The van der Waals surface area contributed by atoms with Crippen molar-refractivity contribution in [3.05, 3.63) is 27.7 Å². The summed E-state index contributed by atoms with van der Waals surface area (Å²) in [5.41, 5.74) is 2.39. The average molecular weight is 274 g/mol. The molecule has 4 heteroatoms. The van der Waals surface area contributed by atoms with Gasteiger partial charge in [-0.25, -0.2) is 5.90 Å². The molecule has 84 valence electrons. The summed E-state index contributed by atoms with van der Waals surface area (Å²) in [6.07, 6.45) is 1.76. The fourth-order valence-electron chi connectivity index (χ4n) is 1.50. The van der Waals surface area contributed by atoms with Gasteiger partial charge in [0.25, 0.3) is 0 Å². The maximum absolute atomic E-state index is 5.33. The van der Waals surface area contributed by atoms with Gasteiger partial charge in [-0.2, -0.15) is 0 Å². The quantitative estimate of drug-likeness (QED) is 0.839. The summed E-state index contributed by atoms with van der Waals surface area (Å²) >= 11 is 3.49. The van der Waals surface area contributed by atoms with Gasteiger partial charge in [0.2, 0.25) is 0 Å². The van der Waals surface area contributed by atoms with Crippen LogP contribution in [0.2, 0.25) is 0 Å². The van der Waals surface area contributed by atoms with Crippen LogP contribution in [0.4, 0.5) is 0 Å². The van der Waals surface area contributed by atoms with Gasteiger partial charge in [-0.1, -0.05) is 13.0 Å². The molecule has 0 spiro atoms. The Morgan fingerprint density at radius 1 is 1.40 bits per heavy atom. The van der Waals surface area contributed by atoms with Gasteiger partial charge < -0.3 is 9.57 Å². The van der Waals surface area contributed by atoms with Crippen LogP contribution in [0.5, 0.6) is 5.75 Å². The summed E-state index contributed by atoms with van der Waals surface area (Å²) in [7, 11) is 1.67. The van der Waals surface area contributed by atoms with Gasteiger partial charge >= 0.3 is 0 Å². The highest BCUT2D eigenvalue weighted by atomic mass is 79.9. The summed E-state index contributed by atoms with van der Waals surface area (Å²) < 4.78 is 6.31. The number of rotatable bonds is 5. The largest absolute Gasteiger partial charge is 0.495 e. The van der Waals surface area contributed by atoms with E-state index in [2.05, 4.69) is 39.8 Å². The third-order valence-corrected chi connectivity index (χ3v) is 2.87. The van der Waals surface area contributed by atoms with Crippen LogP contribution >= 0.6 is 15.9 Å². The third kappa shape index (κ3) is 3.19. The second kappa shape index (κ2) is 6.10. The predicted octanol–water partition coefficient (Wildman–Crippen LogP) is 2.45. The van der Waals surface area contributed by atoms with E-state index in [-0.39, 0.29) is 0 Å². The lowest BCUT2D eigenvalue weighted by Crippen LogP contribution is -2.05. The first-order valence-corrected chi connectivity index (χ1v) is 5.69. The molecule has 15 heavy (non-hydrogen) atoms. The van der Waals surface area contributed by atoms with Crippen molar-refractivity contribution in [2.45, 2.75) is 19.8 Å². The van der Waals surface area contributed by atoms with Crippen molar-refractivity contribution in [2.75, 3.05) is 13.7 Å². The van der Waals surface area contributed by atoms with Crippen molar-refractivity contribution < 1.29 is 9.57 Å². The van der Waals surface area contributed by atoms with Gasteiger partial charge in [-0.15, -0.1) is 0 Å². The van der Waals surface area contributed by atoms with E-state index in [0.29, 0.717) is 6.61 Å². The molecule has 0 aromatic heterocycles. The van der Waals surface area contributed by atoms with Gasteiger partial charge in [0, 0.05) is 6.42 Å². The highest BCUT2D eigenvalue weighted by Gasteiger charge is 2.09. The Morgan fingerprint density at radius 3 is 2.67 bits per heavy atom. The zero-order chi connectivity index (χ0) is 11.3. The molecule has 0 radical (unpaired) electrons. The molecule has 1 rings (SSSR count). The Bertz CT molecular complexity index is 329. The van der Waals surface area contributed by atoms with Gasteiger partial charge in [0.15, 0.2) is 0 Å². The first-order chi connectivity index (χ1) is 7.22. The van der Waals surface area contributed by atoms with Crippen LogP contribution in [0.25, 0.3) is 0 Å². The molecule has 0 amide bonds. The zero-order valence-corrected chi connectivity index (χ0v) is 10.6. The number of ether oxygens (including phenoxy) is 1. The zero-order valence-electron chi connectivity index (χ0n) is 9.05. The Morgan fingerprint density at radius 2 is 2.13 bits per heavy atom.